The van der Waals surface area contributed by atoms with Gasteiger partial charge in [-0.15, -0.1) is 0 Å². The predicted molar refractivity (Wildman–Crippen MR) is 102 cm³/mol. The van der Waals surface area contributed by atoms with Crippen LogP contribution in [-0.4, -0.2) is 37.9 Å². The molecule has 1 aliphatic rings. The molecule has 1 amide bonds. The zero-order valence-electron chi connectivity index (χ0n) is 15.1. The lowest BCUT2D eigenvalue weighted by atomic mass is 10.1. The molecule has 0 bridgehead atoms. The van der Waals surface area contributed by atoms with E-state index in [1.54, 1.807) is 18.7 Å². The van der Waals surface area contributed by atoms with E-state index in [0.29, 0.717) is 11.3 Å². The number of carbonyl (C=O) groups is 1. The monoisotopic (exact) mass is 365 g/mol. The molecule has 1 aliphatic heterocycles. The minimum Gasteiger partial charge on any atom is -0.376 e. The highest BCUT2D eigenvalue weighted by atomic mass is 16.5. The van der Waals surface area contributed by atoms with Crippen LogP contribution in [0.5, 0.6) is 0 Å². The van der Waals surface area contributed by atoms with E-state index in [0.717, 1.165) is 38.1 Å². The van der Waals surface area contributed by atoms with Gasteiger partial charge >= 0.3 is 0 Å². The molecule has 2 aromatic heterocycles. The van der Waals surface area contributed by atoms with Gasteiger partial charge in [0.15, 0.2) is 0 Å². The van der Waals surface area contributed by atoms with E-state index >= 15 is 0 Å². The third-order valence-electron chi connectivity index (χ3n) is 4.70. The van der Waals surface area contributed by atoms with Crippen LogP contribution in [0.25, 0.3) is 0 Å². The van der Waals surface area contributed by atoms with Gasteiger partial charge in [0.2, 0.25) is 0 Å². The molecular weight excluding hydrogens is 342 g/mol. The van der Waals surface area contributed by atoms with E-state index in [2.05, 4.69) is 15.4 Å². The number of benzene rings is 1. The maximum absolute atomic E-state index is 12.5. The SMILES string of the molecule is O=C(Nc1cnn(C[C@H]2CCCCO2)c1)c1ccc(Cn2ccnc2)cc1. The number of imidazole rings is 1. The number of rotatable bonds is 6. The number of nitrogens with zero attached hydrogens (tertiary/aromatic N) is 4. The first-order valence-electron chi connectivity index (χ1n) is 9.26. The second-order valence-electron chi connectivity index (χ2n) is 6.83. The van der Waals surface area contributed by atoms with Crippen molar-refractivity contribution in [3.8, 4) is 0 Å². The normalized spacial score (nSPS) is 17.0. The molecule has 1 fully saturated rings. The van der Waals surface area contributed by atoms with Crippen LogP contribution < -0.4 is 5.32 Å². The summed E-state index contributed by atoms with van der Waals surface area (Å²) in [5, 5.41) is 7.23. The van der Waals surface area contributed by atoms with Crippen LogP contribution in [-0.2, 0) is 17.8 Å². The fraction of sp³-hybridized carbons (Fsp3) is 0.350. The first-order valence-corrected chi connectivity index (χ1v) is 9.26. The molecule has 1 atom stereocenters. The van der Waals surface area contributed by atoms with Gasteiger partial charge in [0.25, 0.3) is 5.91 Å². The van der Waals surface area contributed by atoms with Crippen molar-refractivity contribution in [2.24, 2.45) is 0 Å². The Morgan fingerprint density at radius 1 is 1.26 bits per heavy atom. The standard InChI is InChI=1S/C20H23N5O2/c26-20(17-6-4-16(5-7-17)12-24-9-8-21-15-24)23-18-11-22-25(13-18)14-19-3-1-2-10-27-19/h4-9,11,13,15,19H,1-3,10,12,14H2,(H,23,26)/t19-/m1/s1. The minimum atomic E-state index is -0.141. The first-order chi connectivity index (χ1) is 13.3. The number of carbonyl (C=O) groups excluding carboxylic acids is 1. The van der Waals surface area contributed by atoms with Crippen LogP contribution in [0.3, 0.4) is 0 Å². The molecule has 0 spiro atoms. The summed E-state index contributed by atoms with van der Waals surface area (Å²) in [7, 11) is 0. The number of amides is 1. The molecule has 7 nitrogen and oxygen atoms in total. The third kappa shape index (κ3) is 4.62. The molecule has 27 heavy (non-hydrogen) atoms. The van der Waals surface area contributed by atoms with Crippen molar-refractivity contribution in [2.45, 2.75) is 38.5 Å². The molecule has 1 N–H and O–H groups in total. The Kier molecular flexibility index (Phi) is 5.29. The number of anilines is 1. The number of aromatic nitrogens is 4. The van der Waals surface area contributed by atoms with Crippen LogP contribution in [0.2, 0.25) is 0 Å². The van der Waals surface area contributed by atoms with E-state index in [4.69, 9.17) is 4.74 Å². The first kappa shape index (κ1) is 17.5. The molecular formula is C20H23N5O2. The van der Waals surface area contributed by atoms with Crippen molar-refractivity contribution in [3.05, 3.63) is 66.5 Å². The quantitative estimate of drug-likeness (QED) is 0.729. The van der Waals surface area contributed by atoms with Gasteiger partial charge in [0, 0.05) is 37.3 Å². The highest BCUT2D eigenvalue weighted by Crippen LogP contribution is 2.16. The molecule has 4 rings (SSSR count). The van der Waals surface area contributed by atoms with E-state index in [1.807, 2.05) is 45.9 Å². The Morgan fingerprint density at radius 2 is 2.15 bits per heavy atom. The second-order valence-corrected chi connectivity index (χ2v) is 6.83. The Morgan fingerprint density at radius 3 is 2.89 bits per heavy atom. The van der Waals surface area contributed by atoms with Gasteiger partial charge in [-0.05, 0) is 37.0 Å². The Bertz CT molecular complexity index is 864. The largest absolute Gasteiger partial charge is 0.376 e. The van der Waals surface area contributed by atoms with Crippen LogP contribution in [0, 0.1) is 0 Å². The number of nitrogens with one attached hydrogen (secondary N) is 1. The number of ether oxygens (including phenoxy) is 1. The van der Waals surface area contributed by atoms with Crippen molar-refractivity contribution in [1.82, 2.24) is 19.3 Å². The summed E-state index contributed by atoms with van der Waals surface area (Å²) in [6.07, 6.45) is 12.6. The van der Waals surface area contributed by atoms with E-state index in [1.165, 1.54) is 6.42 Å². The molecule has 0 saturated carbocycles. The number of hydrogen-bond donors (Lipinski definition) is 1. The molecule has 0 unspecified atom stereocenters. The van der Waals surface area contributed by atoms with Crippen molar-refractivity contribution in [1.29, 1.82) is 0 Å². The highest BCUT2D eigenvalue weighted by Gasteiger charge is 2.15. The van der Waals surface area contributed by atoms with Gasteiger partial charge in [-0.2, -0.15) is 5.10 Å². The molecule has 3 heterocycles. The van der Waals surface area contributed by atoms with E-state index in [9.17, 15) is 4.79 Å². The maximum atomic E-state index is 12.5. The van der Waals surface area contributed by atoms with Gasteiger partial charge in [0.05, 0.1) is 30.9 Å². The van der Waals surface area contributed by atoms with Crippen molar-refractivity contribution in [2.75, 3.05) is 11.9 Å². The number of hydrogen-bond acceptors (Lipinski definition) is 4. The van der Waals surface area contributed by atoms with Gasteiger partial charge in [-0.25, -0.2) is 4.98 Å². The molecule has 3 aromatic rings. The molecule has 140 valence electrons. The smallest absolute Gasteiger partial charge is 0.255 e. The van der Waals surface area contributed by atoms with Crippen molar-refractivity contribution in [3.63, 3.8) is 0 Å². The summed E-state index contributed by atoms with van der Waals surface area (Å²) in [5.41, 5.74) is 2.43. The zero-order valence-corrected chi connectivity index (χ0v) is 15.1. The van der Waals surface area contributed by atoms with Gasteiger partial charge < -0.3 is 14.6 Å². The Hall–Kier alpha value is -2.93. The topological polar surface area (TPSA) is 74.0 Å². The van der Waals surface area contributed by atoms with Crippen molar-refractivity contribution < 1.29 is 9.53 Å². The van der Waals surface area contributed by atoms with Gasteiger partial charge in [0.1, 0.15) is 0 Å². The average Bonchev–Trinajstić information content (AvgIpc) is 3.35. The highest BCUT2D eigenvalue weighted by molar-refractivity contribution is 6.04. The minimum absolute atomic E-state index is 0.141. The summed E-state index contributed by atoms with van der Waals surface area (Å²) in [6.45, 7) is 2.28. The van der Waals surface area contributed by atoms with Gasteiger partial charge in [-0.1, -0.05) is 12.1 Å². The van der Waals surface area contributed by atoms with Crippen LogP contribution in [0.1, 0.15) is 35.2 Å². The lowest BCUT2D eigenvalue weighted by Crippen LogP contribution is -2.24. The summed E-state index contributed by atoms with van der Waals surface area (Å²) in [6, 6.07) is 7.58. The predicted octanol–water partition coefficient (Wildman–Crippen LogP) is 2.95. The summed E-state index contributed by atoms with van der Waals surface area (Å²) < 4.78 is 9.56. The fourth-order valence-electron chi connectivity index (χ4n) is 3.24. The second kappa shape index (κ2) is 8.18. The van der Waals surface area contributed by atoms with E-state index in [-0.39, 0.29) is 12.0 Å². The summed E-state index contributed by atoms with van der Waals surface area (Å²) >= 11 is 0. The maximum Gasteiger partial charge on any atom is 0.255 e. The van der Waals surface area contributed by atoms with Crippen LogP contribution in [0.4, 0.5) is 5.69 Å². The lowest BCUT2D eigenvalue weighted by Gasteiger charge is -2.22. The van der Waals surface area contributed by atoms with E-state index < -0.39 is 0 Å². The van der Waals surface area contributed by atoms with Crippen LogP contribution in [0.15, 0.2) is 55.4 Å². The molecule has 0 aliphatic carbocycles. The summed E-state index contributed by atoms with van der Waals surface area (Å²) in [4.78, 5) is 16.5. The Balaban J connectivity index is 1.33. The molecule has 1 aromatic carbocycles. The fourth-order valence-corrected chi connectivity index (χ4v) is 3.24. The van der Waals surface area contributed by atoms with Crippen molar-refractivity contribution >= 4 is 11.6 Å². The van der Waals surface area contributed by atoms with Gasteiger partial charge in [-0.3, -0.25) is 9.48 Å². The Labute approximate surface area is 158 Å². The molecule has 7 heteroatoms. The molecule has 0 radical (unpaired) electrons. The third-order valence-corrected chi connectivity index (χ3v) is 4.70. The average molecular weight is 365 g/mol. The zero-order chi connectivity index (χ0) is 18.5. The summed E-state index contributed by atoms with van der Waals surface area (Å²) in [5.74, 6) is -0.141. The van der Waals surface area contributed by atoms with Crippen LogP contribution >= 0.6 is 0 Å². The molecule has 1 saturated heterocycles. The lowest BCUT2D eigenvalue weighted by molar-refractivity contribution is 0.00401.